The summed E-state index contributed by atoms with van der Waals surface area (Å²) in [5.74, 6) is 1.71. The van der Waals surface area contributed by atoms with Gasteiger partial charge in [-0.15, -0.1) is 0 Å². The molecule has 18 heavy (non-hydrogen) atoms. The van der Waals surface area contributed by atoms with Crippen molar-refractivity contribution in [3.8, 4) is 0 Å². The number of H-pyrrole nitrogens is 1. The van der Waals surface area contributed by atoms with Crippen molar-refractivity contribution in [2.45, 2.75) is 25.4 Å². The van der Waals surface area contributed by atoms with Crippen LogP contribution in [0.1, 0.15) is 18.4 Å². The largest absolute Gasteiger partial charge is 0.361 e. The summed E-state index contributed by atoms with van der Waals surface area (Å²) in [7, 11) is -0.570. The molecule has 2 aromatic rings. The number of aromatic nitrogens is 1. The quantitative estimate of drug-likeness (QED) is 0.890. The number of rotatable bonds is 3. The van der Waals surface area contributed by atoms with E-state index in [1.54, 1.807) is 0 Å². The van der Waals surface area contributed by atoms with Gasteiger partial charge >= 0.3 is 0 Å². The summed E-state index contributed by atoms with van der Waals surface area (Å²) in [5.41, 5.74) is 2.53. The van der Waals surface area contributed by atoms with Crippen LogP contribution in [0.4, 0.5) is 0 Å². The lowest BCUT2D eigenvalue weighted by Crippen LogP contribution is -2.35. The second-order valence-corrected chi connectivity index (χ2v) is 6.56. The molecule has 2 N–H and O–H groups in total. The zero-order chi connectivity index (χ0) is 12.4. The van der Waals surface area contributed by atoms with Crippen LogP contribution in [0.25, 0.3) is 10.9 Å². The van der Waals surface area contributed by atoms with Crippen molar-refractivity contribution in [1.29, 1.82) is 0 Å². The molecule has 0 unspecified atom stereocenters. The van der Waals surface area contributed by atoms with Crippen molar-refractivity contribution < 1.29 is 4.21 Å². The molecule has 1 fully saturated rings. The van der Waals surface area contributed by atoms with Gasteiger partial charge in [0.15, 0.2) is 0 Å². The molecule has 0 spiro atoms. The highest BCUT2D eigenvalue weighted by molar-refractivity contribution is 7.85. The molecule has 0 bridgehead atoms. The molecule has 1 aliphatic rings. The molecule has 2 heterocycles. The minimum absolute atomic E-state index is 0.525. The second kappa shape index (κ2) is 5.24. The Morgan fingerprint density at radius 2 is 2.11 bits per heavy atom. The molecule has 3 nitrogen and oxygen atoms in total. The molecule has 1 aliphatic heterocycles. The Morgan fingerprint density at radius 1 is 1.28 bits per heavy atom. The van der Waals surface area contributed by atoms with Crippen LogP contribution >= 0.6 is 0 Å². The molecule has 0 saturated carbocycles. The molecule has 0 amide bonds. The van der Waals surface area contributed by atoms with E-state index in [-0.39, 0.29) is 0 Å². The maximum atomic E-state index is 11.3. The summed E-state index contributed by atoms with van der Waals surface area (Å²) in [6, 6.07) is 9.01. The van der Waals surface area contributed by atoms with Crippen molar-refractivity contribution in [1.82, 2.24) is 10.3 Å². The van der Waals surface area contributed by atoms with Crippen LogP contribution in [0.2, 0.25) is 0 Å². The van der Waals surface area contributed by atoms with Gasteiger partial charge in [0.2, 0.25) is 0 Å². The fourth-order valence-corrected chi connectivity index (χ4v) is 3.86. The predicted octanol–water partition coefficient (Wildman–Crippen LogP) is 2.17. The Hall–Kier alpha value is -1.13. The molecule has 1 saturated heterocycles. The highest BCUT2D eigenvalue weighted by atomic mass is 32.2. The van der Waals surface area contributed by atoms with Crippen molar-refractivity contribution in [3.63, 3.8) is 0 Å². The molecule has 96 valence electrons. The first-order chi connectivity index (χ1) is 8.83. The molecule has 0 atom stereocenters. The standard InChI is InChI=1S/C14H18N2OS/c17-18-8-5-12(6-9-18)16-10-11-2-1-3-14-13(11)4-7-15-14/h1-4,7,12,15-16H,5-6,8-10H2. The molecular weight excluding hydrogens is 244 g/mol. The third-order valence-electron chi connectivity index (χ3n) is 3.65. The second-order valence-electron chi connectivity index (χ2n) is 4.86. The average molecular weight is 262 g/mol. The van der Waals surface area contributed by atoms with Gasteiger partial charge < -0.3 is 10.3 Å². The first kappa shape index (κ1) is 11.9. The topological polar surface area (TPSA) is 44.9 Å². The van der Waals surface area contributed by atoms with Gasteiger partial charge in [0, 0.05) is 52.0 Å². The number of aromatic amines is 1. The third kappa shape index (κ3) is 2.49. The molecule has 0 radical (unpaired) electrons. The molecule has 0 aliphatic carbocycles. The van der Waals surface area contributed by atoms with Crippen LogP contribution in [0.15, 0.2) is 30.5 Å². The van der Waals surface area contributed by atoms with E-state index in [9.17, 15) is 4.21 Å². The van der Waals surface area contributed by atoms with Crippen LogP contribution in [0.3, 0.4) is 0 Å². The maximum Gasteiger partial charge on any atom is 0.0457 e. The van der Waals surface area contributed by atoms with Gasteiger partial charge in [-0.3, -0.25) is 4.21 Å². The van der Waals surface area contributed by atoms with Gasteiger partial charge in [0.05, 0.1) is 0 Å². The average Bonchev–Trinajstić information content (AvgIpc) is 2.87. The molecular formula is C14H18N2OS. The zero-order valence-corrected chi connectivity index (χ0v) is 11.1. The SMILES string of the molecule is O=S1CCC(NCc2cccc3[nH]ccc23)CC1. The minimum atomic E-state index is -0.570. The monoisotopic (exact) mass is 262 g/mol. The fourth-order valence-electron chi connectivity index (χ4n) is 2.56. The highest BCUT2D eigenvalue weighted by Gasteiger charge is 2.17. The van der Waals surface area contributed by atoms with Gasteiger partial charge in [0.25, 0.3) is 0 Å². The summed E-state index contributed by atoms with van der Waals surface area (Å²) in [5, 5.41) is 4.89. The number of benzene rings is 1. The van der Waals surface area contributed by atoms with E-state index >= 15 is 0 Å². The normalized spacial score (nSPS) is 24.4. The molecule has 1 aromatic carbocycles. The van der Waals surface area contributed by atoms with E-state index in [0.717, 1.165) is 30.9 Å². The van der Waals surface area contributed by atoms with Crippen molar-refractivity contribution in [2.75, 3.05) is 11.5 Å². The molecule has 3 rings (SSSR count). The van der Waals surface area contributed by atoms with Crippen molar-refractivity contribution in [2.24, 2.45) is 0 Å². The lowest BCUT2D eigenvalue weighted by molar-refractivity contribution is 0.476. The zero-order valence-electron chi connectivity index (χ0n) is 10.3. The van der Waals surface area contributed by atoms with Gasteiger partial charge in [0.1, 0.15) is 0 Å². The van der Waals surface area contributed by atoms with Crippen LogP contribution in [0.5, 0.6) is 0 Å². The van der Waals surface area contributed by atoms with Crippen LogP contribution < -0.4 is 5.32 Å². The van der Waals surface area contributed by atoms with Crippen LogP contribution in [-0.4, -0.2) is 26.7 Å². The Morgan fingerprint density at radius 3 is 2.94 bits per heavy atom. The van der Waals surface area contributed by atoms with E-state index < -0.39 is 10.8 Å². The van der Waals surface area contributed by atoms with Gasteiger partial charge in [-0.2, -0.15) is 0 Å². The summed E-state index contributed by atoms with van der Waals surface area (Å²) >= 11 is 0. The van der Waals surface area contributed by atoms with E-state index in [4.69, 9.17) is 0 Å². The first-order valence-corrected chi connectivity index (χ1v) is 7.95. The first-order valence-electron chi connectivity index (χ1n) is 6.46. The van der Waals surface area contributed by atoms with Crippen LogP contribution in [-0.2, 0) is 17.3 Å². The number of hydrogen-bond acceptors (Lipinski definition) is 2. The Labute approximate surface area is 109 Å². The Balaban J connectivity index is 1.66. The Kier molecular flexibility index (Phi) is 3.48. The summed E-state index contributed by atoms with van der Waals surface area (Å²) in [6.45, 7) is 0.895. The fraction of sp³-hybridized carbons (Fsp3) is 0.429. The molecule has 4 heteroatoms. The lowest BCUT2D eigenvalue weighted by Gasteiger charge is -2.22. The highest BCUT2D eigenvalue weighted by Crippen LogP contribution is 2.18. The van der Waals surface area contributed by atoms with Crippen molar-refractivity contribution >= 4 is 21.7 Å². The van der Waals surface area contributed by atoms with E-state index in [2.05, 4.69) is 34.6 Å². The number of nitrogens with one attached hydrogen (secondary N) is 2. The summed E-state index contributed by atoms with van der Waals surface area (Å²) < 4.78 is 11.3. The predicted molar refractivity (Wildman–Crippen MR) is 76.0 cm³/mol. The van der Waals surface area contributed by atoms with Crippen LogP contribution in [0, 0.1) is 0 Å². The Bertz CT molecular complexity index is 554. The van der Waals surface area contributed by atoms with E-state index in [0.29, 0.717) is 6.04 Å². The van der Waals surface area contributed by atoms with Crippen molar-refractivity contribution in [3.05, 3.63) is 36.0 Å². The summed E-state index contributed by atoms with van der Waals surface area (Å²) in [4.78, 5) is 3.24. The third-order valence-corrected chi connectivity index (χ3v) is 5.04. The van der Waals surface area contributed by atoms with Gasteiger partial charge in [-0.05, 0) is 30.5 Å². The van der Waals surface area contributed by atoms with Gasteiger partial charge in [-0.1, -0.05) is 12.1 Å². The summed E-state index contributed by atoms with van der Waals surface area (Å²) in [6.07, 6.45) is 4.06. The molecule has 1 aromatic heterocycles. The maximum absolute atomic E-state index is 11.3. The smallest absolute Gasteiger partial charge is 0.0457 e. The van der Waals surface area contributed by atoms with E-state index in [1.807, 2.05) is 6.20 Å². The minimum Gasteiger partial charge on any atom is -0.361 e. The van der Waals surface area contributed by atoms with E-state index in [1.165, 1.54) is 16.5 Å². The number of hydrogen-bond donors (Lipinski definition) is 2. The van der Waals surface area contributed by atoms with Gasteiger partial charge in [-0.25, -0.2) is 0 Å². The lowest BCUT2D eigenvalue weighted by atomic mass is 10.1. The number of fused-ring (bicyclic) bond motifs is 1.